The summed E-state index contributed by atoms with van der Waals surface area (Å²) < 4.78 is 0. The van der Waals surface area contributed by atoms with Gasteiger partial charge in [-0.25, -0.2) is 0 Å². The van der Waals surface area contributed by atoms with E-state index in [1.54, 1.807) is 0 Å². The average Bonchev–Trinajstić information content (AvgIpc) is 2.50. The highest BCUT2D eigenvalue weighted by Crippen LogP contribution is 2.37. The summed E-state index contributed by atoms with van der Waals surface area (Å²) in [5.41, 5.74) is 0. The number of halogens is 1. The molecule has 1 unspecified atom stereocenters. The summed E-state index contributed by atoms with van der Waals surface area (Å²) >= 11 is 3.18. The average molecular weight is 193 g/mol. The van der Waals surface area contributed by atoms with Gasteiger partial charge in [0.05, 0.1) is 5.92 Å². The molecule has 0 heterocycles. The summed E-state index contributed by atoms with van der Waals surface area (Å²) in [4.78, 5) is 10.4. The molecule has 0 aliphatic heterocycles. The Kier molecular flexibility index (Phi) is 2.11. The van der Waals surface area contributed by atoms with Crippen molar-refractivity contribution in [3.8, 4) is 0 Å². The van der Waals surface area contributed by atoms with Crippen LogP contribution < -0.4 is 0 Å². The molecule has 1 saturated carbocycles. The van der Waals surface area contributed by atoms with Crippen LogP contribution in [0.3, 0.4) is 0 Å². The van der Waals surface area contributed by atoms with Gasteiger partial charge in [0.1, 0.15) is 0 Å². The zero-order valence-corrected chi connectivity index (χ0v) is 6.60. The Morgan fingerprint density at radius 2 is 2.33 bits per heavy atom. The van der Waals surface area contributed by atoms with E-state index in [9.17, 15) is 4.79 Å². The highest BCUT2D eigenvalue weighted by atomic mass is 79.9. The molecular weight excluding hydrogens is 184 g/mol. The van der Waals surface area contributed by atoms with Crippen LogP contribution in [-0.4, -0.2) is 16.4 Å². The second-order valence-electron chi connectivity index (χ2n) is 2.44. The minimum Gasteiger partial charge on any atom is -0.481 e. The van der Waals surface area contributed by atoms with E-state index in [0.717, 1.165) is 12.8 Å². The minimum atomic E-state index is -0.658. The topological polar surface area (TPSA) is 37.3 Å². The summed E-state index contributed by atoms with van der Waals surface area (Å²) in [5, 5.41) is 9.16. The van der Waals surface area contributed by atoms with Gasteiger partial charge in [0.2, 0.25) is 0 Å². The zero-order chi connectivity index (χ0) is 6.85. The highest BCUT2D eigenvalue weighted by molar-refractivity contribution is 9.09. The van der Waals surface area contributed by atoms with Gasteiger partial charge in [-0.2, -0.15) is 0 Å². The minimum absolute atomic E-state index is 0.134. The van der Waals surface area contributed by atoms with Gasteiger partial charge < -0.3 is 5.11 Å². The largest absolute Gasteiger partial charge is 0.481 e. The molecule has 52 valence electrons. The van der Waals surface area contributed by atoms with E-state index in [1.807, 2.05) is 0 Å². The lowest BCUT2D eigenvalue weighted by Crippen LogP contribution is -2.16. The van der Waals surface area contributed by atoms with Crippen LogP contribution >= 0.6 is 15.9 Å². The monoisotopic (exact) mass is 192 g/mol. The molecule has 1 aliphatic rings. The first-order chi connectivity index (χ1) is 4.25. The maximum Gasteiger partial charge on any atom is 0.307 e. The standard InChI is InChI=1S/C6H9BrO2/c7-3-5(6(8)9)4-1-2-4/h4-5H,1-3H2,(H,8,9). The predicted molar refractivity (Wildman–Crippen MR) is 37.6 cm³/mol. The van der Waals surface area contributed by atoms with Gasteiger partial charge in [-0.05, 0) is 18.8 Å². The van der Waals surface area contributed by atoms with Gasteiger partial charge in [-0.3, -0.25) is 4.79 Å². The predicted octanol–water partition coefficient (Wildman–Crippen LogP) is 1.49. The molecule has 0 aromatic rings. The van der Waals surface area contributed by atoms with Crippen LogP contribution in [0.4, 0.5) is 0 Å². The van der Waals surface area contributed by atoms with Crippen molar-refractivity contribution in [2.75, 3.05) is 5.33 Å². The number of alkyl halides is 1. The van der Waals surface area contributed by atoms with Crippen LogP contribution in [0.15, 0.2) is 0 Å². The van der Waals surface area contributed by atoms with Crippen LogP contribution in [0.1, 0.15) is 12.8 Å². The van der Waals surface area contributed by atoms with Gasteiger partial charge in [0, 0.05) is 5.33 Å². The number of carbonyl (C=O) groups is 1. The van der Waals surface area contributed by atoms with Crippen LogP contribution in [0.5, 0.6) is 0 Å². The molecule has 2 nitrogen and oxygen atoms in total. The van der Waals surface area contributed by atoms with E-state index in [2.05, 4.69) is 15.9 Å². The Hall–Kier alpha value is -0.0500. The van der Waals surface area contributed by atoms with E-state index in [-0.39, 0.29) is 5.92 Å². The third-order valence-electron chi connectivity index (χ3n) is 1.67. The van der Waals surface area contributed by atoms with Crippen molar-refractivity contribution in [3.63, 3.8) is 0 Å². The Morgan fingerprint density at radius 3 is 2.44 bits per heavy atom. The van der Waals surface area contributed by atoms with E-state index < -0.39 is 5.97 Å². The molecule has 1 fully saturated rings. The number of rotatable bonds is 3. The molecule has 1 atom stereocenters. The van der Waals surface area contributed by atoms with Gasteiger partial charge in [-0.15, -0.1) is 0 Å². The Balaban J connectivity index is 2.37. The van der Waals surface area contributed by atoms with Crippen molar-refractivity contribution in [1.82, 2.24) is 0 Å². The number of hydrogen-bond acceptors (Lipinski definition) is 1. The second-order valence-corrected chi connectivity index (χ2v) is 3.08. The number of aliphatic carboxylic acids is 1. The van der Waals surface area contributed by atoms with Gasteiger partial charge >= 0.3 is 5.97 Å². The van der Waals surface area contributed by atoms with E-state index in [1.165, 1.54) is 0 Å². The lowest BCUT2D eigenvalue weighted by Gasteiger charge is -2.03. The van der Waals surface area contributed by atoms with Crippen molar-refractivity contribution < 1.29 is 9.90 Å². The van der Waals surface area contributed by atoms with E-state index in [4.69, 9.17) is 5.11 Å². The lowest BCUT2D eigenvalue weighted by atomic mass is 10.1. The molecule has 0 spiro atoms. The second kappa shape index (κ2) is 2.69. The summed E-state index contributed by atoms with van der Waals surface area (Å²) in [6.45, 7) is 0. The van der Waals surface area contributed by atoms with Crippen molar-refractivity contribution >= 4 is 21.9 Å². The smallest absolute Gasteiger partial charge is 0.307 e. The number of hydrogen-bond donors (Lipinski definition) is 1. The Bertz CT molecular complexity index is 120. The van der Waals surface area contributed by atoms with Crippen molar-refractivity contribution in [2.24, 2.45) is 11.8 Å². The Labute approximate surface area is 62.4 Å². The van der Waals surface area contributed by atoms with E-state index >= 15 is 0 Å². The first-order valence-corrected chi connectivity index (χ1v) is 4.16. The molecular formula is C6H9BrO2. The van der Waals surface area contributed by atoms with Crippen LogP contribution in [0.2, 0.25) is 0 Å². The SMILES string of the molecule is O=C(O)C(CBr)C1CC1. The van der Waals surface area contributed by atoms with Crippen molar-refractivity contribution in [1.29, 1.82) is 0 Å². The normalized spacial score (nSPS) is 21.4. The van der Waals surface area contributed by atoms with Crippen LogP contribution in [0, 0.1) is 11.8 Å². The van der Waals surface area contributed by atoms with Gasteiger partial charge in [0.25, 0.3) is 0 Å². The van der Waals surface area contributed by atoms with Crippen LogP contribution in [-0.2, 0) is 4.79 Å². The maximum atomic E-state index is 10.4. The third kappa shape index (κ3) is 1.68. The summed E-state index contributed by atoms with van der Waals surface area (Å²) in [6, 6.07) is 0. The fraction of sp³-hybridized carbons (Fsp3) is 0.833. The van der Waals surface area contributed by atoms with Crippen LogP contribution in [0.25, 0.3) is 0 Å². The van der Waals surface area contributed by atoms with Gasteiger partial charge in [-0.1, -0.05) is 15.9 Å². The molecule has 1 N–H and O–H groups in total. The summed E-state index contributed by atoms with van der Waals surface area (Å²) in [7, 11) is 0. The fourth-order valence-electron chi connectivity index (χ4n) is 0.892. The molecule has 3 heteroatoms. The lowest BCUT2D eigenvalue weighted by molar-refractivity contribution is -0.141. The highest BCUT2D eigenvalue weighted by Gasteiger charge is 2.34. The quantitative estimate of drug-likeness (QED) is 0.689. The van der Waals surface area contributed by atoms with Gasteiger partial charge in [0.15, 0.2) is 0 Å². The molecule has 0 amide bonds. The molecule has 9 heavy (non-hydrogen) atoms. The molecule has 0 bridgehead atoms. The first kappa shape index (κ1) is 7.06. The third-order valence-corrected chi connectivity index (χ3v) is 2.37. The molecule has 1 aliphatic carbocycles. The molecule has 0 aromatic heterocycles. The summed E-state index contributed by atoms with van der Waals surface area (Å²) in [5.74, 6) is -0.332. The van der Waals surface area contributed by atoms with E-state index in [0.29, 0.717) is 11.2 Å². The molecule has 0 radical (unpaired) electrons. The van der Waals surface area contributed by atoms with Crippen molar-refractivity contribution in [3.05, 3.63) is 0 Å². The maximum absolute atomic E-state index is 10.4. The summed E-state index contributed by atoms with van der Waals surface area (Å²) in [6.07, 6.45) is 2.20. The Morgan fingerprint density at radius 1 is 1.78 bits per heavy atom. The number of carboxylic acid groups (broad SMARTS) is 1. The molecule has 0 saturated heterocycles. The van der Waals surface area contributed by atoms with Crippen molar-refractivity contribution in [2.45, 2.75) is 12.8 Å². The molecule has 1 rings (SSSR count). The fourth-order valence-corrected chi connectivity index (χ4v) is 1.70. The molecule has 0 aromatic carbocycles. The number of carboxylic acids is 1. The first-order valence-electron chi connectivity index (χ1n) is 3.04. The zero-order valence-electron chi connectivity index (χ0n) is 5.01.